The zero-order valence-corrected chi connectivity index (χ0v) is 21.9. The Morgan fingerprint density at radius 1 is 1.05 bits per heavy atom. The predicted molar refractivity (Wildman–Crippen MR) is 137 cm³/mol. The standard InChI is InChI=1S/C27H28F3N7O2/c1-4-39-22-13-21(27(28,29)30)33-37(22)18-9-7-17(8-10-18)36-12-11-20-19(14-36)25(34-35(20)2)23-24(16-5-6-16)31-15-32-26(23)38-3/h7-10,13,15-16H,4-6,11-12,14H2,1-3H3. The predicted octanol–water partition coefficient (Wildman–Crippen LogP) is 4.93. The first-order chi connectivity index (χ1) is 18.8. The third-order valence-electron chi connectivity index (χ3n) is 7.20. The van der Waals surface area contributed by atoms with Crippen LogP contribution < -0.4 is 14.4 Å². The fourth-order valence-corrected chi connectivity index (χ4v) is 5.18. The molecule has 9 nitrogen and oxygen atoms in total. The van der Waals surface area contributed by atoms with Gasteiger partial charge in [0, 0.05) is 55.5 Å². The molecule has 1 aliphatic heterocycles. The van der Waals surface area contributed by atoms with E-state index in [1.165, 1.54) is 4.68 Å². The van der Waals surface area contributed by atoms with Crippen LogP contribution in [0.15, 0.2) is 36.7 Å². The average molecular weight is 540 g/mol. The minimum Gasteiger partial charge on any atom is -0.480 e. The summed E-state index contributed by atoms with van der Waals surface area (Å²) in [4.78, 5) is 11.2. The van der Waals surface area contributed by atoms with E-state index < -0.39 is 11.9 Å². The zero-order valence-electron chi connectivity index (χ0n) is 21.9. The number of rotatable bonds is 7. The fourth-order valence-electron chi connectivity index (χ4n) is 5.18. The monoisotopic (exact) mass is 539 g/mol. The van der Waals surface area contributed by atoms with Crippen molar-refractivity contribution in [2.45, 2.75) is 44.8 Å². The highest BCUT2D eigenvalue weighted by molar-refractivity contribution is 5.73. The summed E-state index contributed by atoms with van der Waals surface area (Å²) in [5, 5.41) is 8.64. The Balaban J connectivity index is 1.32. The quantitative estimate of drug-likeness (QED) is 0.329. The van der Waals surface area contributed by atoms with Crippen molar-refractivity contribution in [3.63, 3.8) is 0 Å². The first-order valence-corrected chi connectivity index (χ1v) is 12.9. The van der Waals surface area contributed by atoms with E-state index in [1.807, 2.05) is 23.9 Å². The summed E-state index contributed by atoms with van der Waals surface area (Å²) in [6.07, 6.45) is -0.0417. The number of fused-ring (bicyclic) bond motifs is 1. The maximum Gasteiger partial charge on any atom is 0.435 e. The Labute approximate surface area is 223 Å². The van der Waals surface area contributed by atoms with Gasteiger partial charge in [0.15, 0.2) is 5.69 Å². The molecule has 0 radical (unpaired) electrons. The minimum absolute atomic E-state index is 0.0469. The summed E-state index contributed by atoms with van der Waals surface area (Å²) in [6.45, 7) is 3.33. The van der Waals surface area contributed by atoms with Gasteiger partial charge in [-0.25, -0.2) is 14.6 Å². The summed E-state index contributed by atoms with van der Waals surface area (Å²) in [5.41, 5.74) is 5.37. The van der Waals surface area contributed by atoms with Gasteiger partial charge in [-0.15, -0.1) is 0 Å². The van der Waals surface area contributed by atoms with Gasteiger partial charge >= 0.3 is 6.18 Å². The van der Waals surface area contributed by atoms with Crippen LogP contribution in [-0.2, 0) is 26.2 Å². The van der Waals surface area contributed by atoms with E-state index in [1.54, 1.807) is 32.5 Å². The van der Waals surface area contributed by atoms with E-state index in [0.717, 1.165) is 65.8 Å². The molecular formula is C27H28F3N7O2. The topological polar surface area (TPSA) is 83.1 Å². The molecule has 3 aromatic heterocycles. The number of ether oxygens (including phenoxy) is 2. The number of benzene rings is 1. The van der Waals surface area contributed by atoms with Gasteiger partial charge in [0.2, 0.25) is 11.8 Å². The zero-order chi connectivity index (χ0) is 27.3. The number of halogens is 3. The molecule has 1 aliphatic carbocycles. The molecule has 1 aromatic carbocycles. The number of nitrogens with zero attached hydrogens (tertiary/aromatic N) is 7. The molecule has 0 saturated heterocycles. The molecule has 0 spiro atoms. The molecule has 2 aliphatic rings. The van der Waals surface area contributed by atoms with Crippen LogP contribution in [0, 0.1) is 0 Å². The fraction of sp³-hybridized carbons (Fsp3) is 0.407. The second-order valence-electron chi connectivity index (χ2n) is 9.71. The van der Waals surface area contributed by atoms with Gasteiger partial charge in [-0.1, -0.05) is 0 Å². The normalized spacial score (nSPS) is 15.4. The summed E-state index contributed by atoms with van der Waals surface area (Å²) in [7, 11) is 3.56. The van der Waals surface area contributed by atoms with E-state index in [9.17, 15) is 13.2 Å². The molecule has 4 aromatic rings. The van der Waals surface area contributed by atoms with E-state index >= 15 is 0 Å². The highest BCUT2D eigenvalue weighted by Gasteiger charge is 2.36. The third kappa shape index (κ3) is 4.57. The van der Waals surface area contributed by atoms with Gasteiger partial charge < -0.3 is 14.4 Å². The van der Waals surface area contributed by atoms with Crippen LogP contribution in [0.2, 0.25) is 0 Å². The summed E-state index contributed by atoms with van der Waals surface area (Å²) < 4.78 is 54.0. The van der Waals surface area contributed by atoms with Crippen LogP contribution in [0.1, 0.15) is 48.3 Å². The van der Waals surface area contributed by atoms with Gasteiger partial charge in [0.05, 0.1) is 30.7 Å². The molecule has 1 saturated carbocycles. The molecule has 1 fully saturated rings. The number of hydrogen-bond acceptors (Lipinski definition) is 7. The average Bonchev–Trinajstić information content (AvgIpc) is 3.61. The molecule has 0 atom stereocenters. The van der Waals surface area contributed by atoms with E-state index in [0.29, 0.717) is 24.0 Å². The van der Waals surface area contributed by atoms with Crippen molar-refractivity contribution >= 4 is 5.69 Å². The molecule has 4 heterocycles. The van der Waals surface area contributed by atoms with Crippen molar-refractivity contribution in [2.75, 3.05) is 25.2 Å². The van der Waals surface area contributed by atoms with E-state index in [2.05, 4.69) is 20.0 Å². The minimum atomic E-state index is -4.56. The maximum absolute atomic E-state index is 13.3. The molecule has 0 amide bonds. The molecule has 6 rings (SSSR count). The van der Waals surface area contributed by atoms with Crippen molar-refractivity contribution in [3.05, 3.63) is 59.3 Å². The summed E-state index contributed by atoms with van der Waals surface area (Å²) >= 11 is 0. The smallest absolute Gasteiger partial charge is 0.435 e. The van der Waals surface area contributed by atoms with Gasteiger partial charge in [-0.2, -0.15) is 23.4 Å². The lowest BCUT2D eigenvalue weighted by molar-refractivity contribution is -0.141. The van der Waals surface area contributed by atoms with Gasteiger partial charge in [0.25, 0.3) is 0 Å². The van der Waals surface area contributed by atoms with E-state index in [-0.39, 0.29) is 12.5 Å². The highest BCUT2D eigenvalue weighted by Crippen LogP contribution is 2.46. The number of anilines is 1. The lowest BCUT2D eigenvalue weighted by Gasteiger charge is -2.30. The number of alkyl halides is 3. The molecule has 0 bridgehead atoms. The van der Waals surface area contributed by atoms with Crippen LogP contribution in [0.5, 0.6) is 11.8 Å². The number of aryl methyl sites for hydroxylation is 1. The van der Waals surface area contributed by atoms with Crippen molar-refractivity contribution in [1.82, 2.24) is 29.5 Å². The molecule has 39 heavy (non-hydrogen) atoms. The van der Waals surface area contributed by atoms with Crippen LogP contribution in [0.25, 0.3) is 16.9 Å². The van der Waals surface area contributed by atoms with Crippen LogP contribution in [0.4, 0.5) is 18.9 Å². The largest absolute Gasteiger partial charge is 0.480 e. The van der Waals surface area contributed by atoms with Crippen LogP contribution in [-0.4, -0.2) is 49.8 Å². The number of methoxy groups -OCH3 is 1. The summed E-state index contributed by atoms with van der Waals surface area (Å²) in [5.74, 6) is 0.964. The van der Waals surface area contributed by atoms with Crippen molar-refractivity contribution in [3.8, 4) is 28.7 Å². The van der Waals surface area contributed by atoms with Gasteiger partial charge in [-0.3, -0.25) is 4.68 Å². The van der Waals surface area contributed by atoms with E-state index in [4.69, 9.17) is 14.6 Å². The van der Waals surface area contributed by atoms with Gasteiger partial charge in [0.1, 0.15) is 12.0 Å². The second kappa shape index (κ2) is 9.58. The second-order valence-corrected chi connectivity index (χ2v) is 9.71. The molecule has 0 unspecified atom stereocenters. The van der Waals surface area contributed by atoms with Crippen molar-refractivity contribution < 1.29 is 22.6 Å². The maximum atomic E-state index is 13.3. The Hall–Kier alpha value is -4.09. The van der Waals surface area contributed by atoms with Crippen LogP contribution in [0.3, 0.4) is 0 Å². The molecular weight excluding hydrogens is 511 g/mol. The Morgan fingerprint density at radius 2 is 1.79 bits per heavy atom. The lowest BCUT2D eigenvalue weighted by atomic mass is 9.98. The molecule has 204 valence electrons. The third-order valence-corrected chi connectivity index (χ3v) is 7.20. The van der Waals surface area contributed by atoms with Gasteiger partial charge in [-0.05, 0) is 44.0 Å². The lowest BCUT2D eigenvalue weighted by Crippen LogP contribution is -2.31. The number of aromatic nitrogens is 6. The Bertz CT molecular complexity index is 1510. The van der Waals surface area contributed by atoms with Crippen molar-refractivity contribution in [2.24, 2.45) is 7.05 Å². The first-order valence-electron chi connectivity index (χ1n) is 12.9. The Kier molecular flexibility index (Phi) is 6.19. The SMILES string of the molecule is CCOc1cc(C(F)(F)F)nn1-c1ccc(N2CCc3c(c(-c4c(OC)ncnc4C4CC4)nn3C)C2)cc1. The Morgan fingerprint density at radius 3 is 2.46 bits per heavy atom. The first kappa shape index (κ1) is 25.2. The molecule has 0 N–H and O–H groups in total. The van der Waals surface area contributed by atoms with Crippen molar-refractivity contribution in [1.29, 1.82) is 0 Å². The van der Waals surface area contributed by atoms with Crippen LogP contribution >= 0.6 is 0 Å². The highest BCUT2D eigenvalue weighted by atomic mass is 19.4. The number of hydrogen-bond donors (Lipinski definition) is 0. The molecule has 12 heteroatoms. The summed E-state index contributed by atoms with van der Waals surface area (Å²) in [6, 6.07) is 8.21.